The smallest absolute Gasteiger partial charge is 0.206 e. The highest BCUT2D eigenvalue weighted by atomic mass is 79.9. The van der Waals surface area contributed by atoms with Crippen LogP contribution in [0.5, 0.6) is 0 Å². The second kappa shape index (κ2) is 5.79. The van der Waals surface area contributed by atoms with E-state index in [2.05, 4.69) is 15.9 Å². The minimum atomic E-state index is -4.38. The van der Waals surface area contributed by atoms with Gasteiger partial charge < -0.3 is 0 Å². The fourth-order valence-electron chi connectivity index (χ4n) is 2.19. The number of halogens is 5. The number of rotatable bonds is 2. The maximum Gasteiger partial charge on any atom is 0.416 e. The molecule has 0 aliphatic heterocycles. The molecule has 0 saturated heterocycles. The predicted octanol–water partition coefficient (Wildman–Crippen LogP) is 5.95. The Balaban J connectivity index is 2.43. The van der Waals surface area contributed by atoms with Gasteiger partial charge in [-0.3, -0.25) is 0 Å². The van der Waals surface area contributed by atoms with Gasteiger partial charge in [0.05, 0.1) is 10.4 Å². The third kappa shape index (κ3) is 3.46. The van der Waals surface area contributed by atoms with E-state index in [1.165, 1.54) is 6.07 Å². The molecule has 2 rings (SSSR count). The van der Waals surface area contributed by atoms with Gasteiger partial charge in [-0.05, 0) is 42.2 Å². The van der Waals surface area contributed by atoms with Crippen LogP contribution in [0.25, 0.3) is 0 Å². The number of alkyl halides is 4. The molecule has 0 aliphatic rings. The van der Waals surface area contributed by atoms with Crippen LogP contribution in [0.3, 0.4) is 0 Å². The molecule has 5 heteroatoms. The molecule has 112 valence electrons. The molecule has 0 amide bonds. The molecule has 0 bridgehead atoms. The van der Waals surface area contributed by atoms with Crippen molar-refractivity contribution in [3.05, 3.63) is 70.0 Å². The Kier molecular flexibility index (Phi) is 4.42. The number of hydrogen-bond donors (Lipinski definition) is 0. The summed E-state index contributed by atoms with van der Waals surface area (Å²) < 4.78 is 51.9. The Labute approximate surface area is 128 Å². The van der Waals surface area contributed by atoms with Crippen molar-refractivity contribution in [3.8, 4) is 0 Å². The molecule has 0 saturated carbocycles. The monoisotopic (exact) mass is 360 g/mol. The van der Waals surface area contributed by atoms with E-state index < -0.39 is 16.6 Å². The van der Waals surface area contributed by atoms with Crippen LogP contribution in [0.1, 0.15) is 32.6 Å². The van der Waals surface area contributed by atoms with E-state index in [4.69, 9.17) is 0 Å². The zero-order chi connectivity index (χ0) is 15.8. The largest absolute Gasteiger partial charge is 0.416 e. The van der Waals surface area contributed by atoms with E-state index >= 15 is 0 Å². The third-order valence-corrected chi connectivity index (χ3v) is 4.32. The van der Waals surface area contributed by atoms with Crippen LogP contribution in [-0.4, -0.2) is 0 Å². The highest BCUT2D eigenvalue weighted by molar-refractivity contribution is 9.09. The van der Waals surface area contributed by atoms with Gasteiger partial charge in [0.25, 0.3) is 0 Å². The van der Waals surface area contributed by atoms with Crippen LogP contribution in [-0.2, 0) is 6.18 Å². The molecule has 1 atom stereocenters. The van der Waals surface area contributed by atoms with Crippen molar-refractivity contribution >= 4 is 15.9 Å². The molecule has 0 heterocycles. The minimum absolute atomic E-state index is 0.289. The maximum atomic E-state index is 13.6. The first-order valence-corrected chi connectivity index (χ1v) is 7.19. The molecular weight excluding hydrogens is 348 g/mol. The highest BCUT2D eigenvalue weighted by Crippen LogP contribution is 2.36. The van der Waals surface area contributed by atoms with Gasteiger partial charge >= 0.3 is 6.18 Å². The van der Waals surface area contributed by atoms with Crippen molar-refractivity contribution in [1.29, 1.82) is 0 Å². The van der Waals surface area contributed by atoms with Crippen LogP contribution < -0.4 is 0 Å². The van der Waals surface area contributed by atoms with Crippen LogP contribution in [0, 0.1) is 19.7 Å². The third-order valence-electron chi connectivity index (χ3n) is 3.26. The van der Waals surface area contributed by atoms with E-state index in [1.54, 1.807) is 32.0 Å². The lowest BCUT2D eigenvalue weighted by Gasteiger charge is -2.15. The van der Waals surface area contributed by atoms with E-state index in [0.29, 0.717) is 16.7 Å². The lowest BCUT2D eigenvalue weighted by molar-refractivity contribution is -0.137. The second-order valence-corrected chi connectivity index (χ2v) is 5.87. The average Bonchev–Trinajstić information content (AvgIpc) is 2.42. The Morgan fingerprint density at radius 1 is 0.952 bits per heavy atom. The van der Waals surface area contributed by atoms with Gasteiger partial charge in [0.1, 0.15) is 5.82 Å². The van der Waals surface area contributed by atoms with Crippen molar-refractivity contribution in [3.63, 3.8) is 0 Å². The van der Waals surface area contributed by atoms with Gasteiger partial charge in [-0.2, -0.15) is 13.2 Å². The first-order chi connectivity index (χ1) is 9.70. The lowest BCUT2D eigenvalue weighted by atomic mass is 9.99. The average molecular weight is 361 g/mol. The summed E-state index contributed by atoms with van der Waals surface area (Å²) in [4.78, 5) is -0.419. The summed E-state index contributed by atoms with van der Waals surface area (Å²) in [6.45, 7) is 3.27. The van der Waals surface area contributed by atoms with E-state index in [-0.39, 0.29) is 5.82 Å². The molecule has 0 aromatic heterocycles. The van der Waals surface area contributed by atoms with Crippen molar-refractivity contribution in [2.45, 2.75) is 24.9 Å². The van der Waals surface area contributed by atoms with Gasteiger partial charge in [0, 0.05) is 0 Å². The Morgan fingerprint density at radius 3 is 2.05 bits per heavy atom. The molecule has 0 radical (unpaired) electrons. The van der Waals surface area contributed by atoms with Crippen molar-refractivity contribution in [1.82, 2.24) is 0 Å². The Morgan fingerprint density at radius 2 is 1.52 bits per heavy atom. The first-order valence-electron chi connectivity index (χ1n) is 6.28. The maximum absolute atomic E-state index is 13.6. The van der Waals surface area contributed by atoms with Gasteiger partial charge in [-0.25, -0.2) is 4.39 Å². The number of aryl methyl sites for hydroxylation is 2. The quantitative estimate of drug-likeness (QED) is 0.458. The molecule has 0 spiro atoms. The van der Waals surface area contributed by atoms with Gasteiger partial charge in [0.2, 0.25) is 0 Å². The summed E-state index contributed by atoms with van der Waals surface area (Å²) in [5.74, 6) is -0.289. The van der Waals surface area contributed by atoms with Crippen LogP contribution in [0.4, 0.5) is 17.6 Å². The molecule has 1 unspecified atom stereocenters. The standard InChI is InChI=1S/C16H13BrF4/c1-9-6-12(7-10(2)15(9)18)14(17)11-4-3-5-13(8-11)16(19,20)21/h3-8,14H,1-2H3. The summed E-state index contributed by atoms with van der Waals surface area (Å²) in [5.41, 5.74) is 1.46. The second-order valence-electron chi connectivity index (χ2n) is 4.95. The molecular formula is C16H13BrF4. The molecule has 0 N–H and O–H groups in total. The SMILES string of the molecule is Cc1cc(C(Br)c2cccc(C(F)(F)F)c2)cc(C)c1F. The van der Waals surface area contributed by atoms with Crippen LogP contribution in [0.15, 0.2) is 36.4 Å². The molecule has 21 heavy (non-hydrogen) atoms. The summed E-state index contributed by atoms with van der Waals surface area (Å²) in [6, 6.07) is 8.40. The molecule has 2 aromatic carbocycles. The minimum Gasteiger partial charge on any atom is -0.206 e. The van der Waals surface area contributed by atoms with Gasteiger partial charge in [-0.1, -0.05) is 46.3 Å². The summed E-state index contributed by atoms with van der Waals surface area (Å²) in [6.07, 6.45) is -4.38. The molecule has 2 aromatic rings. The zero-order valence-corrected chi connectivity index (χ0v) is 13.0. The molecule has 0 aliphatic carbocycles. The van der Waals surface area contributed by atoms with Crippen molar-refractivity contribution < 1.29 is 17.6 Å². The van der Waals surface area contributed by atoms with E-state index in [1.807, 2.05) is 0 Å². The zero-order valence-electron chi connectivity index (χ0n) is 11.4. The van der Waals surface area contributed by atoms with Gasteiger partial charge in [0.15, 0.2) is 0 Å². The van der Waals surface area contributed by atoms with Crippen LogP contribution >= 0.6 is 15.9 Å². The van der Waals surface area contributed by atoms with Crippen molar-refractivity contribution in [2.24, 2.45) is 0 Å². The molecule has 0 nitrogen and oxygen atoms in total. The summed E-state index contributed by atoms with van der Waals surface area (Å²) >= 11 is 3.40. The number of hydrogen-bond acceptors (Lipinski definition) is 0. The van der Waals surface area contributed by atoms with Crippen molar-refractivity contribution in [2.75, 3.05) is 0 Å². The van der Waals surface area contributed by atoms with E-state index in [9.17, 15) is 17.6 Å². The lowest BCUT2D eigenvalue weighted by Crippen LogP contribution is -2.06. The van der Waals surface area contributed by atoms with Gasteiger partial charge in [-0.15, -0.1) is 0 Å². The van der Waals surface area contributed by atoms with E-state index in [0.717, 1.165) is 17.7 Å². The summed E-state index contributed by atoms with van der Waals surface area (Å²) in [5, 5.41) is 0. The van der Waals surface area contributed by atoms with Crippen LogP contribution in [0.2, 0.25) is 0 Å². The topological polar surface area (TPSA) is 0 Å². The fraction of sp³-hybridized carbons (Fsp3) is 0.250. The number of benzene rings is 2. The first kappa shape index (κ1) is 16.0. The predicted molar refractivity (Wildman–Crippen MR) is 78.1 cm³/mol. The Bertz CT molecular complexity index is 639. The molecule has 0 fully saturated rings. The Hall–Kier alpha value is -1.36. The fourth-order valence-corrected chi connectivity index (χ4v) is 2.74. The summed E-state index contributed by atoms with van der Waals surface area (Å²) in [7, 11) is 0. The highest BCUT2D eigenvalue weighted by Gasteiger charge is 2.31. The normalized spacial score (nSPS) is 13.3.